The number of nitrogens with zero attached hydrogens (tertiary/aromatic N) is 3. The SMILES string of the molecule is COC(=O)c1cnc(SC)nc1N1CC(=O)CC1=O. The van der Waals surface area contributed by atoms with E-state index in [0.29, 0.717) is 5.16 Å². The Labute approximate surface area is 113 Å². The summed E-state index contributed by atoms with van der Waals surface area (Å²) in [5.41, 5.74) is 0.0725. The van der Waals surface area contributed by atoms with Gasteiger partial charge in [0.1, 0.15) is 5.56 Å². The molecule has 1 aliphatic heterocycles. The Morgan fingerprint density at radius 1 is 1.47 bits per heavy atom. The molecule has 0 bridgehead atoms. The Morgan fingerprint density at radius 3 is 2.74 bits per heavy atom. The van der Waals surface area contributed by atoms with E-state index in [4.69, 9.17) is 0 Å². The Hall–Kier alpha value is -1.96. The fourth-order valence-corrected chi connectivity index (χ4v) is 2.03. The number of anilines is 1. The van der Waals surface area contributed by atoms with Crippen molar-refractivity contribution in [3.8, 4) is 0 Å². The maximum Gasteiger partial charge on any atom is 0.343 e. The van der Waals surface area contributed by atoms with Crippen molar-refractivity contribution in [1.82, 2.24) is 9.97 Å². The first-order valence-corrected chi connectivity index (χ1v) is 6.60. The first-order chi connectivity index (χ1) is 9.06. The summed E-state index contributed by atoms with van der Waals surface area (Å²) in [6.45, 7) is -0.0757. The molecule has 100 valence electrons. The highest BCUT2D eigenvalue weighted by Gasteiger charge is 2.33. The number of ketones is 1. The molecule has 0 aromatic carbocycles. The minimum atomic E-state index is -0.644. The summed E-state index contributed by atoms with van der Waals surface area (Å²) in [7, 11) is 1.23. The fraction of sp³-hybridized carbons (Fsp3) is 0.364. The number of hydrogen-bond donors (Lipinski definition) is 0. The summed E-state index contributed by atoms with van der Waals surface area (Å²) >= 11 is 1.27. The van der Waals surface area contributed by atoms with Crippen LogP contribution in [0.1, 0.15) is 16.8 Å². The zero-order chi connectivity index (χ0) is 14.0. The van der Waals surface area contributed by atoms with Crippen LogP contribution in [0.15, 0.2) is 11.4 Å². The maximum absolute atomic E-state index is 11.7. The monoisotopic (exact) mass is 281 g/mol. The van der Waals surface area contributed by atoms with Gasteiger partial charge < -0.3 is 4.74 Å². The number of ether oxygens (including phenoxy) is 1. The number of hydrogen-bond acceptors (Lipinski definition) is 7. The van der Waals surface area contributed by atoms with Gasteiger partial charge in [0.15, 0.2) is 16.8 Å². The van der Waals surface area contributed by atoms with Crippen molar-refractivity contribution >= 4 is 35.2 Å². The molecule has 0 atom stereocenters. The van der Waals surface area contributed by atoms with Crippen LogP contribution < -0.4 is 4.90 Å². The second-order valence-corrected chi connectivity index (χ2v) is 4.55. The number of esters is 1. The van der Waals surface area contributed by atoms with E-state index in [1.165, 1.54) is 30.0 Å². The molecule has 2 rings (SSSR count). The van der Waals surface area contributed by atoms with Gasteiger partial charge in [-0.2, -0.15) is 0 Å². The lowest BCUT2D eigenvalue weighted by molar-refractivity contribution is -0.121. The second-order valence-electron chi connectivity index (χ2n) is 3.78. The zero-order valence-corrected chi connectivity index (χ0v) is 11.2. The second kappa shape index (κ2) is 5.35. The summed E-state index contributed by atoms with van der Waals surface area (Å²) in [5, 5.41) is 0.412. The molecule has 1 aliphatic rings. The fourth-order valence-electron chi connectivity index (χ4n) is 1.69. The molecule has 0 spiro atoms. The van der Waals surface area contributed by atoms with E-state index in [2.05, 4.69) is 14.7 Å². The molecule has 2 heterocycles. The summed E-state index contributed by atoms with van der Waals surface area (Å²) in [5.74, 6) is -1.09. The molecule has 1 amide bonds. The van der Waals surface area contributed by atoms with Crippen molar-refractivity contribution < 1.29 is 19.1 Å². The number of carbonyl (C=O) groups is 3. The number of thioether (sulfide) groups is 1. The summed E-state index contributed by atoms with van der Waals surface area (Å²) in [6, 6.07) is 0. The molecular weight excluding hydrogens is 270 g/mol. The number of methoxy groups -OCH3 is 1. The molecule has 0 radical (unpaired) electrons. The van der Waals surface area contributed by atoms with Crippen LogP contribution in [0.3, 0.4) is 0 Å². The molecule has 8 heteroatoms. The van der Waals surface area contributed by atoms with Gasteiger partial charge in [-0.1, -0.05) is 11.8 Å². The predicted octanol–water partition coefficient (Wildman–Crippen LogP) is 0.291. The van der Waals surface area contributed by atoms with Crippen molar-refractivity contribution in [3.63, 3.8) is 0 Å². The van der Waals surface area contributed by atoms with E-state index in [1.54, 1.807) is 6.26 Å². The minimum absolute atomic E-state index is 0.0725. The quantitative estimate of drug-likeness (QED) is 0.340. The molecule has 0 unspecified atom stereocenters. The molecule has 1 aromatic rings. The third-order valence-corrected chi connectivity index (χ3v) is 3.14. The number of aromatic nitrogens is 2. The van der Waals surface area contributed by atoms with Crippen molar-refractivity contribution in [2.75, 3.05) is 24.8 Å². The first kappa shape index (κ1) is 13.5. The van der Waals surface area contributed by atoms with Gasteiger partial charge in [0.05, 0.1) is 20.1 Å². The highest BCUT2D eigenvalue weighted by molar-refractivity contribution is 7.98. The van der Waals surface area contributed by atoms with Crippen molar-refractivity contribution in [2.45, 2.75) is 11.6 Å². The minimum Gasteiger partial charge on any atom is -0.465 e. The molecule has 1 saturated heterocycles. The van der Waals surface area contributed by atoms with Gasteiger partial charge in [-0.05, 0) is 6.26 Å². The molecule has 0 N–H and O–H groups in total. The average molecular weight is 281 g/mol. The lowest BCUT2D eigenvalue weighted by Gasteiger charge is -2.16. The van der Waals surface area contributed by atoms with E-state index in [1.807, 2.05) is 0 Å². The van der Waals surface area contributed by atoms with Crippen LogP contribution in [0.2, 0.25) is 0 Å². The van der Waals surface area contributed by atoms with E-state index in [9.17, 15) is 14.4 Å². The van der Waals surface area contributed by atoms with Gasteiger partial charge in [0.2, 0.25) is 5.91 Å². The van der Waals surface area contributed by atoms with Crippen molar-refractivity contribution in [1.29, 1.82) is 0 Å². The van der Waals surface area contributed by atoms with Crippen LogP contribution in [-0.4, -0.2) is 47.5 Å². The smallest absolute Gasteiger partial charge is 0.343 e. The lowest BCUT2D eigenvalue weighted by Crippen LogP contribution is -2.28. The molecule has 0 saturated carbocycles. The highest BCUT2D eigenvalue weighted by atomic mass is 32.2. The standard InChI is InChI=1S/C11H11N3O4S/c1-18-10(17)7-4-12-11(19-2)13-9(7)14-5-6(15)3-8(14)16/h4H,3,5H2,1-2H3. The van der Waals surface area contributed by atoms with Crippen LogP contribution in [-0.2, 0) is 14.3 Å². The van der Waals surface area contributed by atoms with E-state index >= 15 is 0 Å². The highest BCUT2D eigenvalue weighted by Crippen LogP contribution is 2.24. The van der Waals surface area contributed by atoms with Crippen LogP contribution >= 0.6 is 11.8 Å². The number of amides is 1. The lowest BCUT2D eigenvalue weighted by atomic mass is 10.3. The van der Waals surface area contributed by atoms with Crippen LogP contribution in [0, 0.1) is 0 Å². The van der Waals surface area contributed by atoms with E-state index < -0.39 is 5.97 Å². The molecule has 1 fully saturated rings. The zero-order valence-electron chi connectivity index (χ0n) is 10.4. The Kier molecular flexibility index (Phi) is 3.79. The third kappa shape index (κ3) is 2.58. The van der Waals surface area contributed by atoms with Gasteiger partial charge in [-0.15, -0.1) is 0 Å². The maximum atomic E-state index is 11.7. The summed E-state index contributed by atoms with van der Waals surface area (Å²) in [4.78, 5) is 44.0. The molecular formula is C11H11N3O4S. The Morgan fingerprint density at radius 2 is 2.21 bits per heavy atom. The predicted molar refractivity (Wildman–Crippen MR) is 67.1 cm³/mol. The van der Waals surface area contributed by atoms with E-state index in [0.717, 1.165) is 0 Å². The van der Waals surface area contributed by atoms with Gasteiger partial charge in [0.25, 0.3) is 0 Å². The van der Waals surface area contributed by atoms with Crippen LogP contribution in [0.4, 0.5) is 5.82 Å². The summed E-state index contributed by atoms with van der Waals surface area (Å²) in [6.07, 6.45) is 2.91. The molecule has 0 aliphatic carbocycles. The normalized spacial score (nSPS) is 14.9. The van der Waals surface area contributed by atoms with Crippen molar-refractivity contribution in [2.24, 2.45) is 0 Å². The van der Waals surface area contributed by atoms with E-state index in [-0.39, 0.29) is 36.0 Å². The van der Waals surface area contributed by atoms with Gasteiger partial charge in [-0.25, -0.2) is 14.8 Å². The topological polar surface area (TPSA) is 89.5 Å². The van der Waals surface area contributed by atoms with Gasteiger partial charge in [-0.3, -0.25) is 14.5 Å². The van der Waals surface area contributed by atoms with Crippen molar-refractivity contribution in [3.05, 3.63) is 11.8 Å². The number of rotatable bonds is 3. The third-order valence-electron chi connectivity index (χ3n) is 2.57. The Balaban J connectivity index is 2.49. The Bertz CT molecular complexity index is 561. The first-order valence-electron chi connectivity index (χ1n) is 5.38. The average Bonchev–Trinajstić information content (AvgIpc) is 2.76. The van der Waals surface area contributed by atoms with Crippen LogP contribution in [0.25, 0.3) is 0 Å². The molecule has 19 heavy (non-hydrogen) atoms. The molecule has 1 aromatic heterocycles. The number of carbonyl (C=O) groups excluding carboxylic acids is 3. The van der Waals surface area contributed by atoms with Gasteiger partial charge >= 0.3 is 5.97 Å². The van der Waals surface area contributed by atoms with Crippen LogP contribution in [0.5, 0.6) is 0 Å². The van der Waals surface area contributed by atoms with Gasteiger partial charge in [0, 0.05) is 6.20 Å². The number of Topliss-reactive ketones (excluding diaryl/α,β-unsaturated/α-hetero) is 1. The largest absolute Gasteiger partial charge is 0.465 e. The molecule has 7 nitrogen and oxygen atoms in total. The summed E-state index contributed by atoms with van der Waals surface area (Å²) < 4.78 is 4.62.